The summed E-state index contributed by atoms with van der Waals surface area (Å²) in [5.41, 5.74) is 7.43. The Labute approximate surface area is 142 Å². The van der Waals surface area contributed by atoms with Gasteiger partial charge in [-0.3, -0.25) is 14.4 Å². The van der Waals surface area contributed by atoms with Crippen molar-refractivity contribution in [3.63, 3.8) is 0 Å². The number of carbonyl (C=O) groups is 4. The minimum atomic E-state index is -1.58. The average Bonchev–Trinajstić information content (AvgIpc) is 2.96. The quantitative estimate of drug-likeness (QED) is 0.452. The van der Waals surface area contributed by atoms with Gasteiger partial charge in [-0.05, 0) is 11.6 Å². The number of aliphatic carboxylic acids is 3. The van der Waals surface area contributed by atoms with Crippen LogP contribution in [0.3, 0.4) is 0 Å². The van der Waals surface area contributed by atoms with Crippen molar-refractivity contribution < 1.29 is 34.5 Å². The number of hydrogen-bond donors (Lipinski definition) is 5. The summed E-state index contributed by atoms with van der Waals surface area (Å²) in [4.78, 5) is 43.4. The molecule has 0 saturated carbocycles. The van der Waals surface area contributed by atoms with E-state index in [0.29, 0.717) is 6.42 Å². The molecule has 9 nitrogen and oxygen atoms in total. The van der Waals surface area contributed by atoms with Crippen molar-refractivity contribution in [3.8, 4) is 0 Å². The van der Waals surface area contributed by atoms with Crippen molar-refractivity contribution in [1.29, 1.82) is 0 Å². The standard InChI is InChI=1S/C11H12N2O2.C5H6O5/c12-9(11(14)15)5-7-6-13-10-4-2-1-3-8(7)10;6-3(5(9)10)1-2-4(7)8/h1-4,6,9,13H,5,12H2,(H,14,15);1-2H2,(H,7,8)(H,9,10)/t9-;/m0./s1. The highest BCUT2D eigenvalue weighted by atomic mass is 16.4. The van der Waals surface area contributed by atoms with E-state index in [1.54, 1.807) is 0 Å². The van der Waals surface area contributed by atoms with Crippen LogP contribution >= 0.6 is 0 Å². The van der Waals surface area contributed by atoms with Gasteiger partial charge >= 0.3 is 17.9 Å². The van der Waals surface area contributed by atoms with Gasteiger partial charge in [0, 0.05) is 29.9 Å². The number of para-hydroxylation sites is 1. The summed E-state index contributed by atoms with van der Waals surface area (Å²) in [7, 11) is 0. The summed E-state index contributed by atoms with van der Waals surface area (Å²) in [6.45, 7) is 0. The molecule has 0 saturated heterocycles. The van der Waals surface area contributed by atoms with Crippen molar-refractivity contribution in [2.45, 2.75) is 25.3 Å². The van der Waals surface area contributed by atoms with Gasteiger partial charge in [-0.25, -0.2) is 4.79 Å². The van der Waals surface area contributed by atoms with E-state index in [-0.39, 0.29) is 0 Å². The number of aromatic nitrogens is 1. The number of rotatable bonds is 7. The summed E-state index contributed by atoms with van der Waals surface area (Å²) >= 11 is 0. The number of carboxylic acids is 3. The molecule has 0 amide bonds. The summed E-state index contributed by atoms with van der Waals surface area (Å²) in [5.74, 6) is -4.79. The highest BCUT2D eigenvalue weighted by Gasteiger charge is 2.14. The normalized spacial score (nSPS) is 11.2. The maximum absolute atomic E-state index is 10.6. The lowest BCUT2D eigenvalue weighted by molar-refractivity contribution is -0.149. The number of ketones is 1. The number of carbonyl (C=O) groups excluding carboxylic acids is 1. The van der Waals surface area contributed by atoms with E-state index in [1.165, 1.54) is 0 Å². The van der Waals surface area contributed by atoms with E-state index >= 15 is 0 Å². The number of H-pyrrole nitrogens is 1. The molecular weight excluding hydrogens is 332 g/mol. The molecule has 9 heteroatoms. The van der Waals surface area contributed by atoms with Gasteiger partial charge in [-0.1, -0.05) is 18.2 Å². The van der Waals surface area contributed by atoms with Gasteiger partial charge in [0.1, 0.15) is 6.04 Å². The molecule has 2 aromatic rings. The minimum Gasteiger partial charge on any atom is -0.481 e. The van der Waals surface area contributed by atoms with Crippen LogP contribution in [0, 0.1) is 0 Å². The van der Waals surface area contributed by atoms with Crippen LogP contribution in [0.5, 0.6) is 0 Å². The van der Waals surface area contributed by atoms with E-state index in [1.807, 2.05) is 30.5 Å². The second kappa shape index (κ2) is 9.18. The third-order valence-corrected chi connectivity index (χ3v) is 3.24. The molecule has 25 heavy (non-hydrogen) atoms. The Bertz CT molecular complexity index is 782. The Morgan fingerprint density at radius 3 is 2.24 bits per heavy atom. The van der Waals surface area contributed by atoms with Crippen LogP contribution in [-0.4, -0.2) is 50.0 Å². The average molecular weight is 350 g/mol. The van der Waals surface area contributed by atoms with Crippen LogP contribution < -0.4 is 5.73 Å². The number of nitrogens with two attached hydrogens (primary N) is 1. The molecule has 1 atom stereocenters. The molecule has 0 aliphatic rings. The second-order valence-electron chi connectivity index (χ2n) is 5.13. The van der Waals surface area contributed by atoms with Crippen LogP contribution in [0.15, 0.2) is 30.5 Å². The van der Waals surface area contributed by atoms with Crippen LogP contribution in [0.2, 0.25) is 0 Å². The minimum absolute atomic E-state index is 0.347. The van der Waals surface area contributed by atoms with Gasteiger partial charge in [0.25, 0.3) is 0 Å². The lowest BCUT2D eigenvalue weighted by Gasteiger charge is -2.04. The first-order valence-corrected chi connectivity index (χ1v) is 7.23. The molecule has 0 unspecified atom stereocenters. The highest BCUT2D eigenvalue weighted by molar-refractivity contribution is 6.32. The third-order valence-electron chi connectivity index (χ3n) is 3.24. The first-order valence-electron chi connectivity index (χ1n) is 7.23. The SMILES string of the molecule is N[C@@H](Cc1c[nH]c2ccccc12)C(=O)O.O=C(O)CCC(=O)C(=O)O. The Morgan fingerprint density at radius 2 is 1.68 bits per heavy atom. The van der Waals surface area contributed by atoms with Gasteiger partial charge in [-0.2, -0.15) is 0 Å². The lowest BCUT2D eigenvalue weighted by Crippen LogP contribution is -2.32. The van der Waals surface area contributed by atoms with Gasteiger partial charge < -0.3 is 26.0 Å². The van der Waals surface area contributed by atoms with Crippen molar-refractivity contribution >= 4 is 34.6 Å². The van der Waals surface area contributed by atoms with Crippen LogP contribution in [0.4, 0.5) is 0 Å². The topological polar surface area (TPSA) is 171 Å². The predicted molar refractivity (Wildman–Crippen MR) is 87.1 cm³/mol. The fourth-order valence-corrected chi connectivity index (χ4v) is 1.95. The molecule has 2 rings (SSSR count). The zero-order chi connectivity index (χ0) is 19.0. The number of carboxylic acid groups (broad SMARTS) is 3. The smallest absolute Gasteiger partial charge is 0.372 e. The molecule has 0 spiro atoms. The molecular formula is C16H18N2O7. The molecule has 0 bridgehead atoms. The summed E-state index contributed by atoms with van der Waals surface area (Å²) in [6, 6.07) is 6.91. The highest BCUT2D eigenvalue weighted by Crippen LogP contribution is 2.18. The molecule has 6 N–H and O–H groups in total. The van der Waals surface area contributed by atoms with E-state index in [2.05, 4.69) is 4.98 Å². The molecule has 1 heterocycles. The van der Waals surface area contributed by atoms with Gasteiger partial charge in [-0.15, -0.1) is 0 Å². The number of fused-ring (bicyclic) bond motifs is 1. The zero-order valence-electron chi connectivity index (χ0n) is 13.1. The Kier molecular flexibility index (Phi) is 7.29. The summed E-state index contributed by atoms with van der Waals surface area (Å²) in [5, 5.41) is 25.7. The van der Waals surface area contributed by atoms with Crippen LogP contribution in [-0.2, 0) is 25.6 Å². The lowest BCUT2D eigenvalue weighted by atomic mass is 10.1. The van der Waals surface area contributed by atoms with Gasteiger partial charge in [0.2, 0.25) is 5.78 Å². The fourth-order valence-electron chi connectivity index (χ4n) is 1.95. The largest absolute Gasteiger partial charge is 0.481 e. The number of aromatic amines is 1. The zero-order valence-corrected chi connectivity index (χ0v) is 13.1. The van der Waals surface area contributed by atoms with Crippen molar-refractivity contribution in [2.75, 3.05) is 0 Å². The second-order valence-corrected chi connectivity index (χ2v) is 5.13. The maximum atomic E-state index is 10.6. The molecule has 1 aromatic heterocycles. The molecule has 0 fully saturated rings. The van der Waals surface area contributed by atoms with Crippen LogP contribution in [0.1, 0.15) is 18.4 Å². The van der Waals surface area contributed by atoms with Gasteiger partial charge in [0.05, 0.1) is 6.42 Å². The maximum Gasteiger partial charge on any atom is 0.372 e. The third kappa shape index (κ3) is 6.43. The number of hydrogen-bond acceptors (Lipinski definition) is 5. The number of nitrogens with one attached hydrogen (secondary N) is 1. The molecule has 0 aliphatic heterocycles. The monoisotopic (exact) mass is 350 g/mol. The van der Waals surface area contributed by atoms with E-state index in [0.717, 1.165) is 16.5 Å². The Morgan fingerprint density at radius 1 is 1.04 bits per heavy atom. The predicted octanol–water partition coefficient (Wildman–Crippen LogP) is 0.627. The summed E-state index contributed by atoms with van der Waals surface area (Å²) in [6.07, 6.45) is 1.29. The first-order chi connectivity index (χ1) is 11.7. The van der Waals surface area contributed by atoms with E-state index in [4.69, 9.17) is 21.1 Å². The van der Waals surface area contributed by atoms with Crippen molar-refractivity contribution in [3.05, 3.63) is 36.0 Å². The van der Waals surface area contributed by atoms with Crippen LogP contribution in [0.25, 0.3) is 10.9 Å². The number of Topliss-reactive ketones (excluding diaryl/α,β-unsaturated/α-hetero) is 1. The van der Waals surface area contributed by atoms with Crippen molar-refractivity contribution in [2.24, 2.45) is 5.73 Å². The van der Waals surface area contributed by atoms with E-state index < -0.39 is 42.6 Å². The number of benzene rings is 1. The fraction of sp³-hybridized carbons (Fsp3) is 0.250. The molecule has 0 radical (unpaired) electrons. The van der Waals surface area contributed by atoms with Gasteiger partial charge in [0.15, 0.2) is 0 Å². The molecule has 1 aromatic carbocycles. The Balaban J connectivity index is 0.000000275. The Hall–Kier alpha value is -3.20. The van der Waals surface area contributed by atoms with E-state index in [9.17, 15) is 19.2 Å². The first kappa shape index (κ1) is 19.8. The molecule has 134 valence electrons. The molecule has 0 aliphatic carbocycles. The summed E-state index contributed by atoms with van der Waals surface area (Å²) < 4.78 is 0. The van der Waals surface area contributed by atoms with Crippen molar-refractivity contribution in [1.82, 2.24) is 4.98 Å².